The van der Waals surface area contributed by atoms with Crippen molar-refractivity contribution in [3.8, 4) is 5.75 Å². The molecule has 0 unspecified atom stereocenters. The standard InChI is InChI=1S/C15H22O3/c1-17-14-6-4-13(5-7-14)11-18-15-8-2-12(10-16)3-9-15/h4-7,12,15-16H,2-3,8-11H2,1H3. The summed E-state index contributed by atoms with van der Waals surface area (Å²) >= 11 is 0. The first-order valence-electron chi connectivity index (χ1n) is 6.67. The van der Waals surface area contributed by atoms with Gasteiger partial charge in [-0.25, -0.2) is 0 Å². The third-order valence-electron chi connectivity index (χ3n) is 3.70. The van der Waals surface area contributed by atoms with Crippen molar-refractivity contribution in [1.29, 1.82) is 0 Å². The average molecular weight is 250 g/mol. The summed E-state index contributed by atoms with van der Waals surface area (Å²) in [4.78, 5) is 0. The molecular formula is C15H22O3. The molecule has 100 valence electrons. The lowest BCUT2D eigenvalue weighted by atomic mass is 9.88. The van der Waals surface area contributed by atoms with E-state index in [0.29, 0.717) is 25.2 Å². The second kappa shape index (κ2) is 6.76. The molecule has 1 N–H and O–H groups in total. The Morgan fingerprint density at radius 2 is 1.78 bits per heavy atom. The molecular weight excluding hydrogens is 228 g/mol. The fourth-order valence-corrected chi connectivity index (χ4v) is 2.42. The second-order valence-electron chi connectivity index (χ2n) is 4.98. The van der Waals surface area contributed by atoms with Crippen LogP contribution in [0.3, 0.4) is 0 Å². The van der Waals surface area contributed by atoms with Crippen molar-refractivity contribution < 1.29 is 14.6 Å². The molecule has 1 fully saturated rings. The lowest BCUT2D eigenvalue weighted by molar-refractivity contribution is 0.00119. The maximum absolute atomic E-state index is 9.08. The van der Waals surface area contributed by atoms with E-state index in [1.165, 1.54) is 5.56 Å². The minimum absolute atomic E-state index is 0.325. The van der Waals surface area contributed by atoms with Gasteiger partial charge in [0.1, 0.15) is 5.75 Å². The third-order valence-corrected chi connectivity index (χ3v) is 3.70. The van der Waals surface area contributed by atoms with Gasteiger partial charge in [0, 0.05) is 6.61 Å². The van der Waals surface area contributed by atoms with Gasteiger partial charge < -0.3 is 14.6 Å². The largest absolute Gasteiger partial charge is 0.497 e. The van der Waals surface area contributed by atoms with Crippen molar-refractivity contribution in [2.24, 2.45) is 5.92 Å². The Morgan fingerprint density at radius 3 is 2.33 bits per heavy atom. The Kier molecular flexibility index (Phi) is 5.02. The van der Waals surface area contributed by atoms with Gasteiger partial charge in [-0.15, -0.1) is 0 Å². The van der Waals surface area contributed by atoms with Gasteiger partial charge in [0.05, 0.1) is 19.8 Å². The van der Waals surface area contributed by atoms with Crippen LogP contribution in [0.5, 0.6) is 5.75 Å². The van der Waals surface area contributed by atoms with Gasteiger partial charge in [-0.3, -0.25) is 0 Å². The summed E-state index contributed by atoms with van der Waals surface area (Å²) in [6, 6.07) is 8.00. The molecule has 1 aromatic rings. The summed E-state index contributed by atoms with van der Waals surface area (Å²) in [5.41, 5.74) is 1.18. The van der Waals surface area contributed by atoms with Crippen molar-refractivity contribution in [3.63, 3.8) is 0 Å². The third kappa shape index (κ3) is 3.72. The summed E-state index contributed by atoms with van der Waals surface area (Å²) in [6.45, 7) is 0.990. The van der Waals surface area contributed by atoms with Crippen molar-refractivity contribution in [1.82, 2.24) is 0 Å². The number of methoxy groups -OCH3 is 1. The summed E-state index contributed by atoms with van der Waals surface area (Å²) in [5.74, 6) is 1.37. The number of hydrogen-bond donors (Lipinski definition) is 1. The zero-order valence-electron chi connectivity index (χ0n) is 11.0. The molecule has 0 bridgehead atoms. The predicted octanol–water partition coefficient (Wildman–Crippen LogP) is 2.76. The van der Waals surface area contributed by atoms with Gasteiger partial charge in [0.25, 0.3) is 0 Å². The smallest absolute Gasteiger partial charge is 0.118 e. The maximum atomic E-state index is 9.08. The molecule has 2 rings (SSSR count). The molecule has 3 nitrogen and oxygen atoms in total. The van der Waals surface area contributed by atoms with E-state index in [2.05, 4.69) is 0 Å². The first-order chi connectivity index (χ1) is 8.81. The van der Waals surface area contributed by atoms with E-state index in [1.807, 2.05) is 24.3 Å². The van der Waals surface area contributed by atoms with Crippen molar-refractivity contribution in [2.75, 3.05) is 13.7 Å². The van der Waals surface area contributed by atoms with Crippen molar-refractivity contribution >= 4 is 0 Å². The Labute approximate surface area is 109 Å². The molecule has 0 amide bonds. The molecule has 18 heavy (non-hydrogen) atoms. The van der Waals surface area contributed by atoms with Crippen LogP contribution in [0.4, 0.5) is 0 Å². The first kappa shape index (κ1) is 13.4. The summed E-state index contributed by atoms with van der Waals surface area (Å²) in [5, 5.41) is 9.08. The van der Waals surface area contributed by atoms with Crippen molar-refractivity contribution in [2.45, 2.75) is 38.4 Å². The Bertz CT molecular complexity index is 339. The van der Waals surface area contributed by atoms with Crippen LogP contribution < -0.4 is 4.74 Å². The topological polar surface area (TPSA) is 38.7 Å². The molecule has 1 saturated carbocycles. The highest BCUT2D eigenvalue weighted by atomic mass is 16.5. The van der Waals surface area contributed by atoms with Gasteiger partial charge >= 0.3 is 0 Å². The molecule has 0 atom stereocenters. The summed E-state index contributed by atoms with van der Waals surface area (Å²) < 4.78 is 11.0. The first-order valence-corrected chi connectivity index (χ1v) is 6.67. The number of aliphatic hydroxyl groups is 1. The van der Waals surface area contributed by atoms with Crippen LogP contribution in [0.1, 0.15) is 31.2 Å². The van der Waals surface area contributed by atoms with E-state index in [9.17, 15) is 0 Å². The van der Waals surface area contributed by atoms with Crippen LogP contribution in [0, 0.1) is 5.92 Å². The quantitative estimate of drug-likeness (QED) is 0.873. The highest BCUT2D eigenvalue weighted by Gasteiger charge is 2.20. The van der Waals surface area contributed by atoms with E-state index in [4.69, 9.17) is 14.6 Å². The second-order valence-corrected chi connectivity index (χ2v) is 4.98. The van der Waals surface area contributed by atoms with Gasteiger partial charge in [0.15, 0.2) is 0 Å². The predicted molar refractivity (Wildman–Crippen MR) is 70.6 cm³/mol. The maximum Gasteiger partial charge on any atom is 0.118 e. The number of benzene rings is 1. The number of hydrogen-bond acceptors (Lipinski definition) is 3. The normalized spacial score (nSPS) is 23.9. The molecule has 1 aliphatic carbocycles. The van der Waals surface area contributed by atoms with E-state index in [0.717, 1.165) is 31.4 Å². The fourth-order valence-electron chi connectivity index (χ4n) is 2.42. The molecule has 3 heteroatoms. The van der Waals surface area contributed by atoms with Gasteiger partial charge in [-0.2, -0.15) is 0 Å². The number of ether oxygens (including phenoxy) is 2. The Balaban J connectivity index is 1.74. The molecule has 0 heterocycles. The molecule has 1 aromatic carbocycles. The van der Waals surface area contributed by atoms with E-state index in [-0.39, 0.29) is 0 Å². The molecule has 0 spiro atoms. The fraction of sp³-hybridized carbons (Fsp3) is 0.600. The average Bonchev–Trinajstić information content (AvgIpc) is 2.46. The SMILES string of the molecule is COc1ccc(COC2CCC(CO)CC2)cc1. The van der Waals surface area contributed by atoms with Crippen LogP contribution in [-0.2, 0) is 11.3 Å². The molecule has 1 aliphatic rings. The molecule has 0 saturated heterocycles. The van der Waals surface area contributed by atoms with Gasteiger partial charge in [-0.05, 0) is 49.3 Å². The van der Waals surface area contributed by atoms with Gasteiger partial charge in [-0.1, -0.05) is 12.1 Å². The van der Waals surface area contributed by atoms with E-state index < -0.39 is 0 Å². The number of aliphatic hydroxyl groups excluding tert-OH is 1. The van der Waals surface area contributed by atoms with E-state index >= 15 is 0 Å². The molecule has 0 radical (unpaired) electrons. The van der Waals surface area contributed by atoms with Crippen LogP contribution in [-0.4, -0.2) is 24.9 Å². The van der Waals surface area contributed by atoms with Crippen LogP contribution >= 0.6 is 0 Å². The number of rotatable bonds is 5. The lowest BCUT2D eigenvalue weighted by Crippen LogP contribution is -2.23. The molecule has 0 aliphatic heterocycles. The van der Waals surface area contributed by atoms with Crippen molar-refractivity contribution in [3.05, 3.63) is 29.8 Å². The highest BCUT2D eigenvalue weighted by Crippen LogP contribution is 2.26. The summed E-state index contributed by atoms with van der Waals surface area (Å²) in [7, 11) is 1.67. The van der Waals surface area contributed by atoms with Gasteiger partial charge in [0.2, 0.25) is 0 Å². The van der Waals surface area contributed by atoms with E-state index in [1.54, 1.807) is 7.11 Å². The Morgan fingerprint density at radius 1 is 1.11 bits per heavy atom. The molecule has 0 aromatic heterocycles. The Hall–Kier alpha value is -1.06. The van der Waals surface area contributed by atoms with Crippen LogP contribution in [0.2, 0.25) is 0 Å². The highest BCUT2D eigenvalue weighted by molar-refractivity contribution is 5.26. The summed E-state index contributed by atoms with van der Waals surface area (Å²) in [6.07, 6.45) is 4.67. The monoisotopic (exact) mass is 250 g/mol. The van der Waals surface area contributed by atoms with Crippen LogP contribution in [0.15, 0.2) is 24.3 Å². The minimum Gasteiger partial charge on any atom is -0.497 e. The lowest BCUT2D eigenvalue weighted by Gasteiger charge is -2.27. The minimum atomic E-state index is 0.325. The zero-order valence-corrected chi connectivity index (χ0v) is 11.0. The van der Waals surface area contributed by atoms with Crippen LogP contribution in [0.25, 0.3) is 0 Å². The zero-order chi connectivity index (χ0) is 12.8.